The van der Waals surface area contributed by atoms with E-state index in [2.05, 4.69) is 33.5 Å². The van der Waals surface area contributed by atoms with Crippen molar-refractivity contribution >= 4 is 78.1 Å². The van der Waals surface area contributed by atoms with E-state index >= 15 is 0 Å². The third-order valence-electron chi connectivity index (χ3n) is 3.01. The largest absolute Gasteiger partial charge is 0.413 e. The van der Waals surface area contributed by atoms with Gasteiger partial charge in [0.1, 0.15) is 0 Å². The molecule has 0 aliphatic rings. The average molecular weight is 809 g/mol. The number of hydrogen-bond donors (Lipinski definition) is 7. The maximum atomic E-state index is 11.0. The number of sulfonamides is 1. The van der Waals surface area contributed by atoms with E-state index < -0.39 is 72.4 Å². The molecule has 26 nitrogen and oxygen atoms in total. The van der Waals surface area contributed by atoms with E-state index in [-0.39, 0.29) is 5.48 Å². The van der Waals surface area contributed by atoms with Crippen molar-refractivity contribution in [3.63, 3.8) is 0 Å². The summed E-state index contributed by atoms with van der Waals surface area (Å²) in [6.45, 7) is 6.07. The fourth-order valence-electron chi connectivity index (χ4n) is 1.99. The molecule has 0 aliphatic heterocycles. The van der Waals surface area contributed by atoms with Crippen LogP contribution in [0.25, 0.3) is 0 Å². The van der Waals surface area contributed by atoms with Gasteiger partial charge in [-0.2, -0.15) is 50.5 Å². The molecule has 0 atom stereocenters. The zero-order valence-corrected chi connectivity index (χ0v) is 28.1. The predicted octanol–water partition coefficient (Wildman–Crippen LogP) is -3.63. The van der Waals surface area contributed by atoms with Crippen molar-refractivity contribution in [3.8, 4) is 0 Å². The fraction of sp³-hybridized carbons (Fsp3) is 0.500. The summed E-state index contributed by atoms with van der Waals surface area (Å²) in [6, 6.07) is 8.20. The highest BCUT2D eigenvalue weighted by Gasteiger charge is 2.17. The smallest absolute Gasteiger partial charge is 0.412 e. The SMILES string of the molecule is CCN(CCNS(C)(=O)=O)c1cccc(C)c1.O.O=S(=O)(O)OS(=O)(=O)O.O=S(=O)(O)OS(=O)(=O)O.O=S(=O)(O)OS(=O)(=O)O. The lowest BCUT2D eigenvalue weighted by atomic mass is 10.2. The number of rotatable bonds is 12. The molecule has 0 unspecified atom stereocenters. The van der Waals surface area contributed by atoms with Gasteiger partial charge in [0.25, 0.3) is 0 Å². The third-order valence-corrected chi connectivity index (χ3v) is 7.87. The number of likely N-dealkylation sites (N-methyl/N-ethyl adjacent to an activating group) is 1. The van der Waals surface area contributed by atoms with Crippen LogP contribution in [-0.4, -0.2) is 118 Å². The van der Waals surface area contributed by atoms with E-state index in [0.29, 0.717) is 13.1 Å². The summed E-state index contributed by atoms with van der Waals surface area (Å²) in [4.78, 5) is 2.14. The normalized spacial score (nSPS) is 12.5. The molecule has 1 rings (SSSR count). The van der Waals surface area contributed by atoms with Gasteiger partial charge in [-0.1, -0.05) is 12.1 Å². The Morgan fingerprint density at radius 3 is 1.16 bits per heavy atom. The zero-order chi connectivity index (χ0) is 36.0. The summed E-state index contributed by atoms with van der Waals surface area (Å²) in [5, 5.41) is 0. The van der Waals surface area contributed by atoms with E-state index in [1.807, 2.05) is 25.1 Å². The summed E-state index contributed by atoms with van der Waals surface area (Å²) in [7, 11) is -33.8. The molecule has 0 saturated heterocycles. The average Bonchev–Trinajstić information content (AvgIpc) is 2.63. The molecule has 0 fully saturated rings. The topological polar surface area (TPSA) is 435 Å². The lowest BCUT2D eigenvalue weighted by Crippen LogP contribution is -2.34. The number of aryl methyl sites for hydroxylation is 1. The maximum absolute atomic E-state index is 11.0. The summed E-state index contributed by atoms with van der Waals surface area (Å²) in [6.07, 6.45) is 1.18. The van der Waals surface area contributed by atoms with Gasteiger partial charge in [-0.3, -0.25) is 27.3 Å². The first kappa shape index (κ1) is 50.1. The van der Waals surface area contributed by atoms with Crippen molar-refractivity contribution in [2.75, 3.05) is 30.8 Å². The van der Waals surface area contributed by atoms with Gasteiger partial charge in [-0.05, 0) is 31.5 Å². The zero-order valence-electron chi connectivity index (χ0n) is 22.4. The molecule has 272 valence electrons. The van der Waals surface area contributed by atoms with Gasteiger partial charge >= 0.3 is 62.4 Å². The van der Waals surface area contributed by atoms with Crippen LogP contribution in [0.2, 0.25) is 0 Å². The second-order valence-corrected chi connectivity index (χ2v) is 15.5. The second-order valence-electron chi connectivity index (χ2n) is 6.86. The maximum Gasteiger partial charge on any atom is 0.413 e. The number of nitrogens with one attached hydrogen (secondary N) is 1. The van der Waals surface area contributed by atoms with E-state index in [0.717, 1.165) is 12.2 Å². The minimum Gasteiger partial charge on any atom is -0.412 e. The van der Waals surface area contributed by atoms with Crippen molar-refractivity contribution in [2.45, 2.75) is 13.8 Å². The van der Waals surface area contributed by atoms with Gasteiger partial charge < -0.3 is 10.4 Å². The first-order valence-electron chi connectivity index (χ1n) is 9.78. The van der Waals surface area contributed by atoms with Crippen molar-refractivity contribution in [3.05, 3.63) is 29.8 Å². The van der Waals surface area contributed by atoms with Crippen molar-refractivity contribution in [1.29, 1.82) is 0 Å². The van der Waals surface area contributed by atoms with Crippen LogP contribution in [0, 0.1) is 6.92 Å². The molecule has 0 heterocycles. The van der Waals surface area contributed by atoms with Crippen molar-refractivity contribution in [1.82, 2.24) is 4.72 Å². The molecule has 1 aromatic carbocycles. The van der Waals surface area contributed by atoms with Crippen LogP contribution in [0.3, 0.4) is 0 Å². The van der Waals surface area contributed by atoms with E-state index in [1.165, 1.54) is 11.8 Å². The Kier molecular flexibility index (Phi) is 22.0. The molecule has 0 spiro atoms. The van der Waals surface area contributed by atoms with Crippen LogP contribution in [0.1, 0.15) is 12.5 Å². The lowest BCUT2D eigenvalue weighted by molar-refractivity contribution is 0.339. The highest BCUT2D eigenvalue weighted by atomic mass is 32.3. The lowest BCUT2D eigenvalue weighted by Gasteiger charge is -2.23. The van der Waals surface area contributed by atoms with Crippen LogP contribution in [-0.2, 0) is 83.3 Å². The van der Waals surface area contributed by atoms with E-state index in [1.54, 1.807) is 0 Å². The Morgan fingerprint density at radius 1 is 0.644 bits per heavy atom. The summed E-state index contributed by atoms with van der Waals surface area (Å²) >= 11 is 0. The Balaban J connectivity index is -0.000000261. The number of nitrogens with zero attached hydrogens (tertiary/aromatic N) is 1. The fourth-order valence-corrected chi connectivity index (χ4v) is 5.06. The van der Waals surface area contributed by atoms with Gasteiger partial charge in [0.05, 0.1) is 6.26 Å². The number of benzene rings is 1. The first-order chi connectivity index (χ1) is 19.0. The third kappa shape index (κ3) is 44.4. The Bertz CT molecular complexity index is 1580. The molecule has 0 saturated carbocycles. The molecule has 0 aliphatic carbocycles. The van der Waals surface area contributed by atoms with Crippen LogP contribution in [0.4, 0.5) is 5.69 Å². The summed E-state index contributed by atoms with van der Waals surface area (Å²) in [5.74, 6) is 0. The Morgan fingerprint density at radius 2 is 0.956 bits per heavy atom. The highest BCUT2D eigenvalue weighted by Crippen LogP contribution is 2.14. The van der Waals surface area contributed by atoms with Crippen molar-refractivity contribution < 1.29 is 103 Å². The van der Waals surface area contributed by atoms with Gasteiger partial charge in [0, 0.05) is 25.3 Å². The monoisotopic (exact) mass is 808 g/mol. The highest BCUT2D eigenvalue weighted by molar-refractivity contribution is 7.95. The van der Waals surface area contributed by atoms with Gasteiger partial charge in [-0.15, -0.1) is 10.9 Å². The Hall–Kier alpha value is -1.77. The molecular formula is C12H28N2O24S7. The number of hydrogen-bond acceptors (Lipinski definition) is 18. The van der Waals surface area contributed by atoms with Gasteiger partial charge in [0.15, 0.2) is 0 Å². The quantitative estimate of drug-likeness (QED) is 0.100. The first-order valence-corrected chi connectivity index (χ1v) is 19.9. The van der Waals surface area contributed by atoms with Gasteiger partial charge in [-0.25, -0.2) is 13.1 Å². The molecule has 0 amide bonds. The second kappa shape index (κ2) is 19.8. The van der Waals surface area contributed by atoms with Crippen LogP contribution < -0.4 is 9.62 Å². The molecule has 9 N–H and O–H groups in total. The Labute approximate surface area is 259 Å². The van der Waals surface area contributed by atoms with Crippen LogP contribution in [0.15, 0.2) is 24.3 Å². The number of anilines is 1. The van der Waals surface area contributed by atoms with Gasteiger partial charge in [0.2, 0.25) is 10.0 Å². The predicted molar refractivity (Wildman–Crippen MR) is 148 cm³/mol. The van der Waals surface area contributed by atoms with E-state index in [9.17, 15) is 58.9 Å². The molecule has 33 heteroatoms. The summed E-state index contributed by atoms with van der Waals surface area (Å²) in [5.41, 5.74) is 2.33. The molecule has 0 bridgehead atoms. The standard InChI is InChI=1S/C12H20N2O2S.3H2O7S2.H2O/c1-4-14(9-8-13-17(3,15)16)12-7-5-6-11(2)10-12;3*1-8(2,3)7-9(4,5)6;/h5-7,10,13H,4,8-9H2,1-3H3;3*(H,1,2,3)(H,4,5,6);1H2. The van der Waals surface area contributed by atoms with Crippen LogP contribution in [0.5, 0.6) is 0 Å². The van der Waals surface area contributed by atoms with Crippen molar-refractivity contribution in [2.24, 2.45) is 0 Å². The molecule has 1 aromatic rings. The van der Waals surface area contributed by atoms with E-state index in [4.69, 9.17) is 27.3 Å². The minimum atomic E-state index is -5.12. The molecule has 0 aromatic heterocycles. The van der Waals surface area contributed by atoms with Crippen LogP contribution >= 0.6 is 0 Å². The summed E-state index contributed by atoms with van der Waals surface area (Å²) < 4.78 is 191. The molecule has 0 radical (unpaired) electrons. The molecular weight excluding hydrogens is 781 g/mol. The molecule has 45 heavy (non-hydrogen) atoms. The minimum absolute atomic E-state index is 0.